The highest BCUT2D eigenvalue weighted by atomic mass is 16.2. The molecule has 2 aliphatic heterocycles. The highest BCUT2D eigenvalue weighted by Gasteiger charge is 2.37. The van der Waals surface area contributed by atoms with Crippen molar-refractivity contribution in [2.45, 2.75) is 70.5 Å². The molecule has 0 aromatic heterocycles. The molecule has 2 fully saturated rings. The number of nitrogens with one attached hydrogen (secondary N) is 2. The molecule has 0 aliphatic carbocycles. The van der Waals surface area contributed by atoms with E-state index in [9.17, 15) is 4.79 Å². The summed E-state index contributed by atoms with van der Waals surface area (Å²) in [7, 11) is 0. The summed E-state index contributed by atoms with van der Waals surface area (Å²) in [6.45, 7) is 7.25. The molecule has 0 aromatic carbocycles. The summed E-state index contributed by atoms with van der Waals surface area (Å²) in [5.74, 6) is 0.207. The number of nitrogens with zero attached hydrogens (tertiary/aromatic N) is 1. The molecule has 2 saturated heterocycles. The number of hydrogen-bond donors (Lipinski definition) is 2. The minimum Gasteiger partial charge on any atom is -0.355 e. The topological polar surface area (TPSA) is 44.4 Å². The lowest BCUT2D eigenvalue weighted by Gasteiger charge is -2.33. The van der Waals surface area contributed by atoms with Gasteiger partial charge in [0.25, 0.3) is 0 Å². The number of amides is 1. The maximum Gasteiger partial charge on any atom is 0.237 e. The zero-order valence-corrected chi connectivity index (χ0v) is 12.5. The molecule has 2 N–H and O–H groups in total. The summed E-state index contributed by atoms with van der Waals surface area (Å²) >= 11 is 0. The molecular weight excluding hydrogens is 238 g/mol. The lowest BCUT2D eigenvalue weighted by Crippen LogP contribution is -2.52. The van der Waals surface area contributed by atoms with Gasteiger partial charge in [-0.15, -0.1) is 0 Å². The third-order valence-electron chi connectivity index (χ3n) is 4.61. The minimum atomic E-state index is 0.0201. The Morgan fingerprint density at radius 2 is 2.26 bits per heavy atom. The molecule has 0 spiro atoms. The van der Waals surface area contributed by atoms with Crippen LogP contribution in [0.2, 0.25) is 0 Å². The molecule has 2 aliphatic rings. The van der Waals surface area contributed by atoms with Crippen LogP contribution in [0.5, 0.6) is 0 Å². The second-order valence-electron chi connectivity index (χ2n) is 5.97. The van der Waals surface area contributed by atoms with Crippen molar-refractivity contribution in [3.8, 4) is 0 Å². The van der Waals surface area contributed by atoms with Gasteiger partial charge in [-0.2, -0.15) is 0 Å². The standard InChI is InChI=1S/C15H29N3O/c1-3-4-9-17-15(19)12(2)18-11-6-8-14(18)13-7-5-10-16-13/h12-14,16H,3-11H2,1-2H3,(H,17,19). The molecule has 2 heterocycles. The van der Waals surface area contributed by atoms with Crippen molar-refractivity contribution in [2.24, 2.45) is 0 Å². The Morgan fingerprint density at radius 3 is 2.95 bits per heavy atom. The smallest absolute Gasteiger partial charge is 0.237 e. The van der Waals surface area contributed by atoms with Gasteiger partial charge in [0.2, 0.25) is 5.91 Å². The van der Waals surface area contributed by atoms with Gasteiger partial charge in [0.05, 0.1) is 6.04 Å². The van der Waals surface area contributed by atoms with Gasteiger partial charge in [0.15, 0.2) is 0 Å². The van der Waals surface area contributed by atoms with Crippen molar-refractivity contribution < 1.29 is 4.79 Å². The normalized spacial score (nSPS) is 29.6. The molecule has 2 rings (SSSR count). The predicted octanol–water partition coefficient (Wildman–Crippen LogP) is 1.51. The van der Waals surface area contributed by atoms with Gasteiger partial charge in [0.1, 0.15) is 0 Å². The molecule has 3 atom stereocenters. The van der Waals surface area contributed by atoms with Crippen molar-refractivity contribution >= 4 is 5.91 Å². The van der Waals surface area contributed by atoms with Crippen molar-refractivity contribution in [2.75, 3.05) is 19.6 Å². The van der Waals surface area contributed by atoms with E-state index in [2.05, 4.69) is 29.4 Å². The molecule has 4 nitrogen and oxygen atoms in total. The third kappa shape index (κ3) is 3.69. The fourth-order valence-electron chi connectivity index (χ4n) is 3.45. The zero-order valence-electron chi connectivity index (χ0n) is 12.5. The third-order valence-corrected chi connectivity index (χ3v) is 4.61. The van der Waals surface area contributed by atoms with Gasteiger partial charge >= 0.3 is 0 Å². The van der Waals surface area contributed by atoms with Crippen LogP contribution in [0.1, 0.15) is 52.4 Å². The molecule has 0 saturated carbocycles. The maximum atomic E-state index is 12.2. The molecular formula is C15H29N3O. The summed E-state index contributed by atoms with van der Waals surface area (Å²) in [5, 5.41) is 6.67. The molecule has 0 radical (unpaired) electrons. The van der Waals surface area contributed by atoms with E-state index in [1.807, 2.05) is 0 Å². The number of rotatable bonds is 6. The quantitative estimate of drug-likeness (QED) is 0.717. The second kappa shape index (κ2) is 7.25. The average Bonchev–Trinajstić information content (AvgIpc) is 3.08. The van der Waals surface area contributed by atoms with E-state index in [4.69, 9.17) is 0 Å². The van der Waals surface area contributed by atoms with E-state index in [0.29, 0.717) is 12.1 Å². The van der Waals surface area contributed by atoms with Gasteiger partial charge in [-0.3, -0.25) is 9.69 Å². The summed E-state index contributed by atoms with van der Waals surface area (Å²) in [5.41, 5.74) is 0. The second-order valence-corrected chi connectivity index (χ2v) is 5.97. The Bertz CT molecular complexity index is 289. The first kappa shape index (κ1) is 14.8. The van der Waals surface area contributed by atoms with E-state index in [1.54, 1.807) is 0 Å². The number of carbonyl (C=O) groups is 1. The van der Waals surface area contributed by atoms with E-state index in [1.165, 1.54) is 25.7 Å². The first-order valence-corrected chi connectivity index (χ1v) is 8.01. The molecule has 110 valence electrons. The van der Waals surface area contributed by atoms with Gasteiger partial charge < -0.3 is 10.6 Å². The largest absolute Gasteiger partial charge is 0.355 e. The van der Waals surface area contributed by atoms with Crippen LogP contribution in [-0.2, 0) is 4.79 Å². The average molecular weight is 267 g/mol. The van der Waals surface area contributed by atoms with Crippen LogP contribution < -0.4 is 10.6 Å². The Morgan fingerprint density at radius 1 is 1.42 bits per heavy atom. The molecule has 19 heavy (non-hydrogen) atoms. The Balaban J connectivity index is 1.85. The van der Waals surface area contributed by atoms with Crippen LogP contribution >= 0.6 is 0 Å². The van der Waals surface area contributed by atoms with E-state index < -0.39 is 0 Å². The molecule has 1 amide bonds. The molecule has 3 unspecified atom stereocenters. The first-order valence-electron chi connectivity index (χ1n) is 8.01. The molecule has 4 heteroatoms. The minimum absolute atomic E-state index is 0.0201. The SMILES string of the molecule is CCCCNC(=O)C(C)N1CCCC1C1CCCN1. The Kier molecular flexibility index (Phi) is 5.64. The van der Waals surface area contributed by atoms with Crippen LogP contribution in [0, 0.1) is 0 Å². The number of likely N-dealkylation sites (tertiary alicyclic amines) is 1. The lowest BCUT2D eigenvalue weighted by atomic mass is 10.0. The summed E-state index contributed by atoms with van der Waals surface area (Å²) in [6.07, 6.45) is 7.23. The van der Waals surface area contributed by atoms with Crippen LogP contribution in [0.4, 0.5) is 0 Å². The van der Waals surface area contributed by atoms with E-state index in [0.717, 1.165) is 32.5 Å². The number of hydrogen-bond acceptors (Lipinski definition) is 3. The monoisotopic (exact) mass is 267 g/mol. The van der Waals surface area contributed by atoms with Crippen LogP contribution in [-0.4, -0.2) is 48.6 Å². The zero-order chi connectivity index (χ0) is 13.7. The van der Waals surface area contributed by atoms with Crippen LogP contribution in [0.25, 0.3) is 0 Å². The highest BCUT2D eigenvalue weighted by Crippen LogP contribution is 2.26. The van der Waals surface area contributed by atoms with Crippen molar-refractivity contribution in [3.63, 3.8) is 0 Å². The van der Waals surface area contributed by atoms with E-state index >= 15 is 0 Å². The lowest BCUT2D eigenvalue weighted by molar-refractivity contribution is -0.126. The fourth-order valence-corrected chi connectivity index (χ4v) is 3.45. The van der Waals surface area contributed by atoms with Crippen molar-refractivity contribution in [3.05, 3.63) is 0 Å². The predicted molar refractivity (Wildman–Crippen MR) is 78.1 cm³/mol. The maximum absolute atomic E-state index is 12.2. The van der Waals surface area contributed by atoms with Crippen molar-refractivity contribution in [1.29, 1.82) is 0 Å². The number of carbonyl (C=O) groups excluding carboxylic acids is 1. The van der Waals surface area contributed by atoms with Crippen LogP contribution in [0.15, 0.2) is 0 Å². The van der Waals surface area contributed by atoms with Crippen molar-refractivity contribution in [1.82, 2.24) is 15.5 Å². The Labute approximate surface area is 117 Å². The van der Waals surface area contributed by atoms with Crippen LogP contribution in [0.3, 0.4) is 0 Å². The Hall–Kier alpha value is -0.610. The summed E-state index contributed by atoms with van der Waals surface area (Å²) < 4.78 is 0. The van der Waals surface area contributed by atoms with Gasteiger partial charge in [-0.05, 0) is 52.1 Å². The van der Waals surface area contributed by atoms with E-state index in [-0.39, 0.29) is 11.9 Å². The summed E-state index contributed by atoms with van der Waals surface area (Å²) in [6, 6.07) is 1.19. The van der Waals surface area contributed by atoms with Gasteiger partial charge in [0, 0.05) is 18.6 Å². The highest BCUT2D eigenvalue weighted by molar-refractivity contribution is 5.81. The first-order chi connectivity index (χ1) is 9.24. The van der Waals surface area contributed by atoms with Gasteiger partial charge in [-0.1, -0.05) is 13.3 Å². The van der Waals surface area contributed by atoms with Gasteiger partial charge in [-0.25, -0.2) is 0 Å². The summed E-state index contributed by atoms with van der Waals surface area (Å²) in [4.78, 5) is 14.6. The molecule has 0 bridgehead atoms. The molecule has 0 aromatic rings. The number of unbranched alkanes of at least 4 members (excludes halogenated alkanes) is 1. The fraction of sp³-hybridized carbons (Fsp3) is 0.933.